The lowest BCUT2D eigenvalue weighted by Gasteiger charge is -2.20. The van der Waals surface area contributed by atoms with Gasteiger partial charge in [0.05, 0.1) is 4.92 Å². The zero-order valence-corrected chi connectivity index (χ0v) is 12.8. The molecule has 0 saturated heterocycles. The molecule has 2 aromatic rings. The Labute approximate surface area is 128 Å². The number of nitro benzene ring substituents is 1. The summed E-state index contributed by atoms with van der Waals surface area (Å²) in [6.07, 6.45) is 0. The van der Waals surface area contributed by atoms with Crippen LogP contribution in [-0.2, 0) is 6.54 Å². The first-order valence-corrected chi connectivity index (χ1v) is 6.80. The van der Waals surface area contributed by atoms with Gasteiger partial charge in [-0.2, -0.15) is 4.39 Å². The number of para-hydroxylation sites is 1. The number of hydrogen-bond donors (Lipinski definition) is 0. The van der Waals surface area contributed by atoms with Gasteiger partial charge < -0.3 is 9.80 Å². The topological polar surface area (TPSA) is 49.6 Å². The Morgan fingerprint density at radius 2 is 1.82 bits per heavy atom. The van der Waals surface area contributed by atoms with Crippen LogP contribution in [-0.4, -0.2) is 26.1 Å². The molecule has 0 fully saturated rings. The molecular formula is C16H18FN3O2. The summed E-state index contributed by atoms with van der Waals surface area (Å²) in [4.78, 5) is 14.0. The van der Waals surface area contributed by atoms with Gasteiger partial charge in [0, 0.05) is 33.4 Å². The molecule has 22 heavy (non-hydrogen) atoms. The van der Waals surface area contributed by atoms with Crippen LogP contribution in [0.2, 0.25) is 0 Å². The van der Waals surface area contributed by atoms with Crippen molar-refractivity contribution in [2.45, 2.75) is 6.54 Å². The Kier molecular flexibility index (Phi) is 4.60. The standard InChI is InChI=1S/C16H18FN3O2/c1-18(2)13-7-4-6-12(10-13)11-19(3)15-9-5-8-14(17)16(15)20(21)22/h4-10H,11H2,1-3H3. The van der Waals surface area contributed by atoms with Gasteiger partial charge in [-0.25, -0.2) is 0 Å². The first-order valence-electron chi connectivity index (χ1n) is 6.80. The Hall–Kier alpha value is -2.63. The van der Waals surface area contributed by atoms with Gasteiger partial charge >= 0.3 is 5.69 Å². The molecule has 0 amide bonds. The highest BCUT2D eigenvalue weighted by atomic mass is 19.1. The lowest BCUT2D eigenvalue weighted by Crippen LogP contribution is -2.18. The van der Waals surface area contributed by atoms with E-state index < -0.39 is 16.4 Å². The lowest BCUT2D eigenvalue weighted by atomic mass is 10.1. The van der Waals surface area contributed by atoms with Crippen molar-refractivity contribution in [3.63, 3.8) is 0 Å². The van der Waals surface area contributed by atoms with E-state index in [0.717, 1.165) is 17.3 Å². The van der Waals surface area contributed by atoms with E-state index in [-0.39, 0.29) is 5.69 Å². The lowest BCUT2D eigenvalue weighted by molar-refractivity contribution is -0.386. The summed E-state index contributed by atoms with van der Waals surface area (Å²) in [5.74, 6) is -0.823. The molecule has 0 aliphatic heterocycles. The molecule has 0 heterocycles. The van der Waals surface area contributed by atoms with E-state index in [4.69, 9.17) is 0 Å². The highest BCUT2D eigenvalue weighted by molar-refractivity contribution is 5.63. The van der Waals surface area contributed by atoms with Crippen molar-refractivity contribution in [2.24, 2.45) is 0 Å². The summed E-state index contributed by atoms with van der Waals surface area (Å²) in [6, 6.07) is 12.0. The highest BCUT2D eigenvalue weighted by Gasteiger charge is 2.22. The molecule has 2 rings (SSSR count). The predicted octanol–water partition coefficient (Wildman–Crippen LogP) is 3.44. The predicted molar refractivity (Wildman–Crippen MR) is 85.9 cm³/mol. The number of benzene rings is 2. The van der Waals surface area contributed by atoms with E-state index in [1.165, 1.54) is 6.07 Å². The quantitative estimate of drug-likeness (QED) is 0.627. The average Bonchev–Trinajstić information content (AvgIpc) is 2.46. The molecule has 0 spiro atoms. The monoisotopic (exact) mass is 303 g/mol. The molecule has 0 aliphatic carbocycles. The summed E-state index contributed by atoms with van der Waals surface area (Å²) in [7, 11) is 5.60. The molecule has 0 saturated carbocycles. The smallest absolute Gasteiger partial charge is 0.327 e. The molecule has 6 heteroatoms. The molecule has 0 aliphatic rings. The van der Waals surface area contributed by atoms with E-state index in [9.17, 15) is 14.5 Å². The van der Waals surface area contributed by atoms with Crippen molar-refractivity contribution in [1.82, 2.24) is 0 Å². The summed E-state index contributed by atoms with van der Waals surface area (Å²) in [5.41, 5.74) is 1.81. The fourth-order valence-corrected chi connectivity index (χ4v) is 2.28. The number of nitrogens with zero attached hydrogens (tertiary/aromatic N) is 3. The van der Waals surface area contributed by atoms with Crippen LogP contribution in [0.25, 0.3) is 0 Å². The van der Waals surface area contributed by atoms with Gasteiger partial charge in [-0.3, -0.25) is 10.1 Å². The van der Waals surface area contributed by atoms with Crippen LogP contribution >= 0.6 is 0 Å². The third-order valence-electron chi connectivity index (χ3n) is 3.41. The van der Waals surface area contributed by atoms with Crippen molar-refractivity contribution in [1.29, 1.82) is 0 Å². The second-order valence-electron chi connectivity index (χ2n) is 5.29. The van der Waals surface area contributed by atoms with Crippen LogP contribution in [0.1, 0.15) is 5.56 Å². The molecule has 116 valence electrons. The number of rotatable bonds is 5. The van der Waals surface area contributed by atoms with Crippen LogP contribution in [0.5, 0.6) is 0 Å². The molecule has 0 atom stereocenters. The molecule has 0 aromatic heterocycles. The summed E-state index contributed by atoms with van der Waals surface area (Å²) >= 11 is 0. The summed E-state index contributed by atoms with van der Waals surface area (Å²) < 4.78 is 13.7. The van der Waals surface area contributed by atoms with Gasteiger partial charge in [0.1, 0.15) is 5.69 Å². The van der Waals surface area contributed by atoms with Crippen molar-refractivity contribution >= 4 is 17.1 Å². The van der Waals surface area contributed by atoms with E-state index in [1.807, 2.05) is 43.3 Å². The SMILES string of the molecule is CN(C)c1cccc(CN(C)c2cccc(F)c2[N+](=O)[O-])c1. The first kappa shape index (κ1) is 15.8. The van der Waals surface area contributed by atoms with E-state index in [1.54, 1.807) is 18.0 Å². The van der Waals surface area contributed by atoms with E-state index >= 15 is 0 Å². The molecule has 0 N–H and O–H groups in total. The third kappa shape index (κ3) is 3.33. The minimum absolute atomic E-state index is 0.264. The zero-order valence-electron chi connectivity index (χ0n) is 12.8. The first-order chi connectivity index (χ1) is 10.4. The number of anilines is 2. The van der Waals surface area contributed by atoms with Crippen molar-refractivity contribution in [3.8, 4) is 0 Å². The fourth-order valence-electron chi connectivity index (χ4n) is 2.28. The van der Waals surface area contributed by atoms with Crippen molar-refractivity contribution in [2.75, 3.05) is 30.9 Å². The maximum absolute atomic E-state index is 13.7. The Bertz CT molecular complexity index is 689. The van der Waals surface area contributed by atoms with Crippen LogP contribution in [0.15, 0.2) is 42.5 Å². The van der Waals surface area contributed by atoms with Gasteiger partial charge in [-0.15, -0.1) is 0 Å². The van der Waals surface area contributed by atoms with Gasteiger partial charge in [-0.1, -0.05) is 18.2 Å². The Morgan fingerprint density at radius 1 is 1.14 bits per heavy atom. The average molecular weight is 303 g/mol. The van der Waals surface area contributed by atoms with Crippen LogP contribution in [0, 0.1) is 15.9 Å². The Morgan fingerprint density at radius 3 is 2.45 bits per heavy atom. The molecular weight excluding hydrogens is 285 g/mol. The maximum atomic E-state index is 13.7. The van der Waals surface area contributed by atoms with Crippen LogP contribution < -0.4 is 9.80 Å². The molecule has 0 bridgehead atoms. The largest absolute Gasteiger partial charge is 0.378 e. The second kappa shape index (κ2) is 6.43. The third-order valence-corrected chi connectivity index (χ3v) is 3.41. The number of nitro groups is 1. The molecule has 0 radical (unpaired) electrons. The minimum Gasteiger partial charge on any atom is -0.378 e. The molecule has 2 aromatic carbocycles. The zero-order chi connectivity index (χ0) is 16.3. The van der Waals surface area contributed by atoms with Gasteiger partial charge in [0.2, 0.25) is 5.82 Å². The molecule has 0 unspecified atom stereocenters. The minimum atomic E-state index is -0.823. The highest BCUT2D eigenvalue weighted by Crippen LogP contribution is 2.31. The maximum Gasteiger partial charge on any atom is 0.327 e. The summed E-state index contributed by atoms with van der Waals surface area (Å²) in [6.45, 7) is 0.450. The van der Waals surface area contributed by atoms with Crippen molar-refractivity contribution < 1.29 is 9.31 Å². The fraction of sp³-hybridized carbons (Fsp3) is 0.250. The van der Waals surface area contributed by atoms with Crippen LogP contribution in [0.4, 0.5) is 21.5 Å². The second-order valence-corrected chi connectivity index (χ2v) is 5.29. The Balaban J connectivity index is 2.30. The van der Waals surface area contributed by atoms with Gasteiger partial charge in [-0.05, 0) is 29.8 Å². The van der Waals surface area contributed by atoms with E-state index in [2.05, 4.69) is 0 Å². The number of halogens is 1. The summed E-state index contributed by atoms with van der Waals surface area (Å²) in [5, 5.41) is 11.1. The normalized spacial score (nSPS) is 10.4. The van der Waals surface area contributed by atoms with Gasteiger partial charge in [0.15, 0.2) is 0 Å². The molecule has 5 nitrogen and oxygen atoms in total. The van der Waals surface area contributed by atoms with Crippen LogP contribution in [0.3, 0.4) is 0 Å². The van der Waals surface area contributed by atoms with Crippen molar-refractivity contribution in [3.05, 3.63) is 64.0 Å². The van der Waals surface area contributed by atoms with E-state index in [0.29, 0.717) is 6.54 Å². The van der Waals surface area contributed by atoms with Gasteiger partial charge in [0.25, 0.3) is 0 Å². The number of hydrogen-bond acceptors (Lipinski definition) is 4.